The number of halogens is 4. The fourth-order valence-electron chi connectivity index (χ4n) is 0. The smallest absolute Gasteiger partial charge is 0.412 e. The molecule has 0 aliphatic rings. The molecule has 0 aliphatic carbocycles. The van der Waals surface area contributed by atoms with E-state index in [2.05, 4.69) is 14.0 Å². The molecule has 13 nitrogen and oxygen atoms in total. The van der Waals surface area contributed by atoms with Crippen LogP contribution in [0.15, 0.2) is 0 Å². The normalized spacial score (nSPS) is 6.00. The summed E-state index contributed by atoms with van der Waals surface area (Å²) < 4.78 is 53.3. The lowest BCUT2D eigenvalue weighted by Crippen LogP contribution is -2.05. The Bertz CT molecular complexity index is 129. The van der Waals surface area contributed by atoms with Crippen molar-refractivity contribution in [1.82, 2.24) is 0 Å². The van der Waals surface area contributed by atoms with E-state index in [1.807, 2.05) is 0 Å². The second-order valence-corrected chi connectivity index (χ2v) is 1.89. The summed E-state index contributed by atoms with van der Waals surface area (Å²) in [6.07, 6.45) is 0. The molecule has 0 saturated carbocycles. The Hall–Kier alpha value is -0.540. The molecule has 0 amide bonds. The molecule has 15 N–H and O–H groups in total. The van der Waals surface area contributed by atoms with Gasteiger partial charge >= 0.3 is 29.6 Å². The van der Waals surface area contributed by atoms with Gasteiger partial charge in [0.2, 0.25) is 0 Å². The topological polar surface area (TPSA) is 286 Å². The van der Waals surface area contributed by atoms with E-state index in [-0.39, 0.29) is 27.4 Å². The van der Waals surface area contributed by atoms with Gasteiger partial charge in [-0.1, -0.05) is 0 Å². The van der Waals surface area contributed by atoms with Crippen LogP contribution in [0.5, 0.6) is 0 Å². The monoisotopic (exact) mass is 388 g/mol. The molecule has 0 fully saturated rings. The first kappa shape index (κ1) is 56.6. The van der Waals surface area contributed by atoms with Crippen LogP contribution in [-0.2, 0) is 14.0 Å². The van der Waals surface area contributed by atoms with Crippen LogP contribution in [0, 0.1) is 0 Å². The third kappa shape index (κ3) is 301. The minimum Gasteiger partial charge on any atom is -0.412 e. The molecule has 24 heavy (non-hydrogen) atoms. The Kier molecular flexibility index (Phi) is 117. The van der Waals surface area contributed by atoms with Crippen LogP contribution in [-0.4, -0.2) is 103 Å². The molecule has 0 atom stereocenters. The highest BCUT2D eigenvalue weighted by molar-refractivity contribution is 6.33. The Balaban J connectivity index is -0.0000000167. The second kappa shape index (κ2) is 49.5. The highest BCUT2D eigenvalue weighted by Crippen LogP contribution is 1.71. The van der Waals surface area contributed by atoms with E-state index in [0.717, 1.165) is 21.3 Å². The molecule has 0 heterocycles. The number of hydrogen-bond acceptors (Lipinski definition) is 8. The third-order valence-corrected chi connectivity index (χ3v) is 0.583. The van der Waals surface area contributed by atoms with Crippen molar-refractivity contribution in [1.29, 1.82) is 0 Å². The minimum atomic E-state index is -2.67. The summed E-state index contributed by atoms with van der Waals surface area (Å²) in [5.41, 5.74) is 0. The van der Waals surface area contributed by atoms with Crippen LogP contribution in [0.25, 0.3) is 0 Å². The maximum Gasteiger partial charge on any atom is 0.677 e. The Morgan fingerprint density at radius 1 is 0.500 bits per heavy atom. The Morgan fingerprint density at radius 2 is 0.542 bits per heavy atom. The van der Waals surface area contributed by atoms with Gasteiger partial charge in [0, 0.05) is 21.3 Å². The molecule has 0 aliphatic heterocycles. The molecule has 0 aromatic rings. The van der Waals surface area contributed by atoms with Gasteiger partial charge in [-0.15, -0.1) is 0 Å². The van der Waals surface area contributed by atoms with E-state index in [1.54, 1.807) is 0 Å². The third-order valence-electron chi connectivity index (χ3n) is 0.583. The molecule has 0 radical (unpaired) electrons. The summed E-state index contributed by atoms with van der Waals surface area (Å²) in [5, 5.41) is 36.3. The zero-order valence-electron chi connectivity index (χ0n) is 12.8. The average Bonchev–Trinajstić information content (AvgIpc) is 2.29. The first-order valence-corrected chi connectivity index (χ1v) is 4.10. The SMILES string of the molecule is COB(O)F.COB(O)F.COB(O)F.O.O.O.O.O.OB(O)F. The van der Waals surface area contributed by atoms with E-state index in [0.29, 0.717) is 0 Å². The molecule has 0 spiro atoms. The van der Waals surface area contributed by atoms with Gasteiger partial charge in [0.05, 0.1) is 0 Å². The molecule has 21 heteroatoms. The Labute approximate surface area is 136 Å². The van der Waals surface area contributed by atoms with Gasteiger partial charge < -0.3 is 66.5 Å². The van der Waals surface area contributed by atoms with Crippen molar-refractivity contribution in [2.24, 2.45) is 0 Å². The molecule has 0 aromatic heterocycles. The van der Waals surface area contributed by atoms with Crippen molar-refractivity contribution in [3.05, 3.63) is 0 Å². The molecule has 154 valence electrons. The van der Waals surface area contributed by atoms with E-state index in [1.165, 1.54) is 0 Å². The molecule has 0 unspecified atom stereocenters. The summed E-state index contributed by atoms with van der Waals surface area (Å²) >= 11 is 0. The van der Waals surface area contributed by atoms with Crippen LogP contribution in [0.1, 0.15) is 0 Å². The summed E-state index contributed by atoms with van der Waals surface area (Å²) in [7, 11) is -5.79. The summed E-state index contributed by atoms with van der Waals surface area (Å²) in [6, 6.07) is 0. The lowest BCUT2D eigenvalue weighted by atomic mass is 10.3. The summed E-state index contributed by atoms with van der Waals surface area (Å²) in [4.78, 5) is 0. The van der Waals surface area contributed by atoms with Crippen molar-refractivity contribution in [2.45, 2.75) is 0 Å². The minimum absolute atomic E-state index is 0. The number of hydrogen-bond donors (Lipinski definition) is 5. The largest absolute Gasteiger partial charge is 0.677 e. The first-order valence-electron chi connectivity index (χ1n) is 4.10. The predicted molar refractivity (Wildman–Crippen MR) is 77.6 cm³/mol. The van der Waals surface area contributed by atoms with E-state index < -0.39 is 29.6 Å². The van der Waals surface area contributed by atoms with Crippen LogP contribution < -0.4 is 0 Å². The van der Waals surface area contributed by atoms with E-state index >= 15 is 0 Å². The lowest BCUT2D eigenvalue weighted by Gasteiger charge is -1.81. The first-order chi connectivity index (χ1) is 8.54. The fourth-order valence-corrected chi connectivity index (χ4v) is 0. The van der Waals surface area contributed by atoms with Crippen molar-refractivity contribution in [2.75, 3.05) is 21.3 Å². The van der Waals surface area contributed by atoms with Crippen molar-refractivity contribution >= 4 is 29.6 Å². The molecule has 0 aromatic carbocycles. The highest BCUT2D eigenvalue weighted by Gasteiger charge is 2.05. The molecule has 0 rings (SSSR count). The van der Waals surface area contributed by atoms with Gasteiger partial charge in [-0.25, -0.2) is 0 Å². The van der Waals surface area contributed by atoms with Gasteiger partial charge in [0.15, 0.2) is 0 Å². The van der Waals surface area contributed by atoms with Gasteiger partial charge in [0.1, 0.15) is 0 Å². The zero-order valence-corrected chi connectivity index (χ0v) is 12.8. The molecule has 0 saturated heterocycles. The predicted octanol–water partition coefficient (Wildman–Crippen LogP) is -6.46. The summed E-state index contributed by atoms with van der Waals surface area (Å²) in [5.74, 6) is 0. The van der Waals surface area contributed by atoms with Crippen molar-refractivity contribution in [3.63, 3.8) is 0 Å². The van der Waals surface area contributed by atoms with Crippen LogP contribution >= 0.6 is 0 Å². The van der Waals surface area contributed by atoms with Gasteiger partial charge in [-0.05, 0) is 0 Å². The van der Waals surface area contributed by atoms with Crippen molar-refractivity contribution < 1.29 is 83.7 Å². The fraction of sp³-hybridized carbons (Fsp3) is 1.00. The van der Waals surface area contributed by atoms with Gasteiger partial charge in [-0.2, -0.15) is 0 Å². The molecular weight excluding hydrogens is 363 g/mol. The van der Waals surface area contributed by atoms with Gasteiger partial charge in [0.25, 0.3) is 0 Å². The van der Waals surface area contributed by atoms with Crippen LogP contribution in [0.2, 0.25) is 0 Å². The molecular formula is C3H24B4F4O13. The maximum absolute atomic E-state index is 10.8. The zero-order chi connectivity index (χ0) is 16.4. The lowest BCUT2D eigenvalue weighted by molar-refractivity contribution is 0.275. The number of rotatable bonds is 3. The van der Waals surface area contributed by atoms with E-state index in [9.17, 15) is 17.3 Å². The average molecular weight is 387 g/mol. The standard InChI is InChI=1S/3CH4BFO2.BFH2O2.5H2O/c3*1-5-2(3)4;2-1(3)4;;;;;/h3*4H,1H3;3-4H;5*1H2. The second-order valence-electron chi connectivity index (χ2n) is 1.89. The van der Waals surface area contributed by atoms with Gasteiger partial charge in [-0.3, -0.25) is 17.3 Å². The van der Waals surface area contributed by atoms with Crippen LogP contribution in [0.4, 0.5) is 17.3 Å². The maximum atomic E-state index is 10.8. The quantitative estimate of drug-likeness (QED) is 0.228. The highest BCUT2D eigenvalue weighted by atomic mass is 19.1. The summed E-state index contributed by atoms with van der Waals surface area (Å²) in [6.45, 7) is 0. The molecule has 0 bridgehead atoms. The van der Waals surface area contributed by atoms with E-state index in [4.69, 9.17) is 25.1 Å². The van der Waals surface area contributed by atoms with Crippen molar-refractivity contribution in [3.8, 4) is 0 Å². The Morgan fingerprint density at radius 3 is 0.542 bits per heavy atom. The van der Waals surface area contributed by atoms with Crippen LogP contribution in [0.3, 0.4) is 0 Å².